The molecular formula is C74H50N2. The van der Waals surface area contributed by atoms with Gasteiger partial charge in [-0.1, -0.05) is 206 Å². The maximum absolute atomic E-state index is 2.36. The van der Waals surface area contributed by atoms with Crippen LogP contribution in [0.25, 0.3) is 99.0 Å². The second-order valence-electron chi connectivity index (χ2n) is 19.9. The summed E-state index contributed by atoms with van der Waals surface area (Å²) in [7, 11) is 0. The quantitative estimate of drug-likeness (QED) is 0.126. The summed E-state index contributed by atoms with van der Waals surface area (Å²) in [5.41, 5.74) is 13.9. The van der Waals surface area contributed by atoms with Crippen molar-refractivity contribution in [2.45, 2.75) is 0 Å². The molecule has 0 aliphatic heterocycles. The molecule has 14 rings (SSSR count). The average molecular weight is 967 g/mol. The average Bonchev–Trinajstić information content (AvgIpc) is 3.50. The zero-order valence-corrected chi connectivity index (χ0v) is 41.8. The number of fused-ring (bicyclic) bond motifs is 6. The number of benzene rings is 14. The van der Waals surface area contributed by atoms with Crippen molar-refractivity contribution < 1.29 is 0 Å². The van der Waals surface area contributed by atoms with Crippen molar-refractivity contribution in [3.05, 3.63) is 302 Å². The Balaban J connectivity index is 0.689. The van der Waals surface area contributed by atoms with Gasteiger partial charge >= 0.3 is 0 Å². The molecule has 0 bridgehead atoms. The molecule has 0 heterocycles. The highest BCUT2D eigenvalue weighted by Crippen LogP contribution is 2.41. The first kappa shape index (κ1) is 44.7. The Bertz CT molecular complexity index is 4080. The predicted molar refractivity (Wildman–Crippen MR) is 327 cm³/mol. The van der Waals surface area contributed by atoms with Gasteiger partial charge in [0.15, 0.2) is 0 Å². The van der Waals surface area contributed by atoms with E-state index in [1.165, 1.54) is 98.0 Å². The van der Waals surface area contributed by atoms with E-state index in [2.05, 4.69) is 313 Å². The highest BCUT2D eigenvalue weighted by molar-refractivity contribution is 5.97. The van der Waals surface area contributed by atoms with E-state index in [-0.39, 0.29) is 0 Å². The summed E-state index contributed by atoms with van der Waals surface area (Å²) in [6.07, 6.45) is 4.44. The van der Waals surface area contributed by atoms with Crippen molar-refractivity contribution in [2.24, 2.45) is 0 Å². The van der Waals surface area contributed by atoms with E-state index in [1.807, 2.05) is 0 Å². The summed E-state index contributed by atoms with van der Waals surface area (Å²) in [5, 5.41) is 14.7. The van der Waals surface area contributed by atoms with Crippen LogP contribution in [0.1, 0.15) is 11.1 Å². The molecule has 0 aliphatic rings. The SMILES string of the molecule is C(=Cc1ccc2cc(-c3ccc(N(c4ccc5ccccc5c4)c4ccc5ccccc5c4)cc3)ccc2c1)c1ccc2cc(-c3ccc(N(c4ccc5ccccc5c4)c4ccc5ccccc5c4)cc3)ccc2c1. The van der Waals surface area contributed by atoms with E-state index in [9.17, 15) is 0 Å². The molecule has 0 aromatic heterocycles. The first-order chi connectivity index (χ1) is 37.6. The second-order valence-corrected chi connectivity index (χ2v) is 19.9. The molecule has 0 saturated carbocycles. The van der Waals surface area contributed by atoms with E-state index >= 15 is 0 Å². The van der Waals surface area contributed by atoms with Crippen LogP contribution in [0.5, 0.6) is 0 Å². The smallest absolute Gasteiger partial charge is 0.0468 e. The van der Waals surface area contributed by atoms with Gasteiger partial charge in [0, 0.05) is 34.1 Å². The highest BCUT2D eigenvalue weighted by Gasteiger charge is 2.17. The maximum Gasteiger partial charge on any atom is 0.0468 e. The summed E-state index contributed by atoms with van der Waals surface area (Å²) in [4.78, 5) is 4.72. The van der Waals surface area contributed by atoms with Crippen LogP contribution in [0.2, 0.25) is 0 Å². The van der Waals surface area contributed by atoms with Gasteiger partial charge in [-0.05, 0) is 195 Å². The molecule has 0 aliphatic carbocycles. The number of anilines is 6. The maximum atomic E-state index is 2.36. The van der Waals surface area contributed by atoms with Crippen LogP contribution >= 0.6 is 0 Å². The molecule has 0 atom stereocenters. The Morgan fingerprint density at radius 2 is 0.408 bits per heavy atom. The first-order valence-corrected chi connectivity index (χ1v) is 26.1. The van der Waals surface area contributed by atoms with Crippen LogP contribution in [0, 0.1) is 0 Å². The fourth-order valence-corrected chi connectivity index (χ4v) is 11.1. The van der Waals surface area contributed by atoms with Gasteiger partial charge in [0.2, 0.25) is 0 Å². The third-order valence-electron chi connectivity index (χ3n) is 15.1. The van der Waals surface area contributed by atoms with Gasteiger partial charge < -0.3 is 9.80 Å². The minimum Gasteiger partial charge on any atom is -0.310 e. The lowest BCUT2D eigenvalue weighted by atomic mass is 9.98. The number of hydrogen-bond acceptors (Lipinski definition) is 2. The van der Waals surface area contributed by atoms with E-state index in [0.29, 0.717) is 0 Å². The number of hydrogen-bond donors (Lipinski definition) is 0. The molecule has 0 saturated heterocycles. The van der Waals surface area contributed by atoms with Crippen molar-refractivity contribution in [3.63, 3.8) is 0 Å². The molecule has 76 heavy (non-hydrogen) atoms. The van der Waals surface area contributed by atoms with Gasteiger partial charge in [0.1, 0.15) is 0 Å². The lowest BCUT2D eigenvalue weighted by Gasteiger charge is -2.26. The van der Waals surface area contributed by atoms with Gasteiger partial charge in [-0.3, -0.25) is 0 Å². The summed E-state index contributed by atoms with van der Waals surface area (Å²) < 4.78 is 0. The minimum atomic E-state index is 1.11. The van der Waals surface area contributed by atoms with E-state index in [1.54, 1.807) is 0 Å². The van der Waals surface area contributed by atoms with Gasteiger partial charge in [-0.2, -0.15) is 0 Å². The molecule has 0 unspecified atom stereocenters. The summed E-state index contributed by atoms with van der Waals surface area (Å²) >= 11 is 0. The third-order valence-corrected chi connectivity index (χ3v) is 15.1. The monoisotopic (exact) mass is 966 g/mol. The van der Waals surface area contributed by atoms with Gasteiger partial charge in [0.25, 0.3) is 0 Å². The molecule has 0 radical (unpaired) electrons. The lowest BCUT2D eigenvalue weighted by Crippen LogP contribution is -2.09. The summed E-state index contributed by atoms with van der Waals surface area (Å²) in [6.45, 7) is 0. The lowest BCUT2D eigenvalue weighted by molar-refractivity contribution is 1.29. The molecule has 2 nitrogen and oxygen atoms in total. The zero-order chi connectivity index (χ0) is 50.4. The van der Waals surface area contributed by atoms with Crippen molar-refractivity contribution in [3.8, 4) is 22.3 Å². The van der Waals surface area contributed by atoms with E-state index < -0.39 is 0 Å². The number of nitrogens with zero attached hydrogens (tertiary/aromatic N) is 2. The minimum absolute atomic E-state index is 1.11. The Morgan fingerprint density at radius 1 is 0.171 bits per heavy atom. The highest BCUT2D eigenvalue weighted by atomic mass is 15.1. The third kappa shape index (κ3) is 8.68. The van der Waals surface area contributed by atoms with Crippen LogP contribution in [0.15, 0.2) is 291 Å². The largest absolute Gasteiger partial charge is 0.310 e. The Labute approximate surface area is 442 Å². The summed E-state index contributed by atoms with van der Waals surface area (Å²) in [6, 6.07) is 106. The van der Waals surface area contributed by atoms with Gasteiger partial charge in [-0.15, -0.1) is 0 Å². The van der Waals surface area contributed by atoms with E-state index in [0.717, 1.165) is 34.1 Å². The molecule has 356 valence electrons. The molecular weight excluding hydrogens is 917 g/mol. The fraction of sp³-hybridized carbons (Fsp3) is 0. The fourth-order valence-electron chi connectivity index (χ4n) is 11.1. The van der Waals surface area contributed by atoms with Gasteiger partial charge in [0.05, 0.1) is 0 Å². The standard InChI is InChI=1S/C74H50N2/c1-5-13-59-47-71(39-31-53(59)9-1)75(72-40-32-54-10-2-6-14-60(54)48-72)69-35-27-57(28-36-69)65-25-23-63-43-51(19-21-67(63)45-65)17-18-52-20-22-68-46-66(26-24-64(68)44-52)58-29-37-70(38-30-58)76(73-41-33-55-11-3-7-15-61(55)49-73)74-42-34-56-12-4-8-16-62(56)50-74/h1-50H. The van der Waals surface area contributed by atoms with E-state index in [4.69, 9.17) is 0 Å². The van der Waals surface area contributed by atoms with Crippen LogP contribution in [-0.2, 0) is 0 Å². The zero-order valence-electron chi connectivity index (χ0n) is 41.8. The molecule has 0 N–H and O–H groups in total. The molecule has 14 aromatic carbocycles. The predicted octanol–water partition coefficient (Wildman–Crippen LogP) is 21.0. The number of rotatable bonds is 10. The molecule has 0 amide bonds. The van der Waals surface area contributed by atoms with Crippen molar-refractivity contribution in [2.75, 3.05) is 9.80 Å². The van der Waals surface area contributed by atoms with Crippen LogP contribution in [0.3, 0.4) is 0 Å². The summed E-state index contributed by atoms with van der Waals surface area (Å²) in [5.74, 6) is 0. The Kier molecular flexibility index (Phi) is 11.2. The van der Waals surface area contributed by atoms with Crippen molar-refractivity contribution in [1.29, 1.82) is 0 Å². The van der Waals surface area contributed by atoms with Crippen LogP contribution < -0.4 is 9.80 Å². The molecule has 0 fully saturated rings. The van der Waals surface area contributed by atoms with Crippen LogP contribution in [-0.4, -0.2) is 0 Å². The molecule has 14 aromatic rings. The van der Waals surface area contributed by atoms with Crippen molar-refractivity contribution >= 4 is 111 Å². The Morgan fingerprint density at radius 3 is 0.737 bits per heavy atom. The molecule has 2 heteroatoms. The van der Waals surface area contributed by atoms with Crippen molar-refractivity contribution in [1.82, 2.24) is 0 Å². The molecule has 0 spiro atoms. The normalized spacial score (nSPS) is 11.6. The Hall–Kier alpha value is -10.0. The first-order valence-electron chi connectivity index (χ1n) is 26.1. The second kappa shape index (κ2) is 19.1. The topological polar surface area (TPSA) is 6.48 Å². The van der Waals surface area contributed by atoms with Gasteiger partial charge in [-0.25, -0.2) is 0 Å². The van der Waals surface area contributed by atoms with Crippen LogP contribution in [0.4, 0.5) is 34.1 Å².